The Balaban J connectivity index is 1.74. The van der Waals surface area contributed by atoms with E-state index in [4.69, 9.17) is 11.5 Å². The van der Waals surface area contributed by atoms with Gasteiger partial charge in [0, 0.05) is 22.5 Å². The van der Waals surface area contributed by atoms with Crippen molar-refractivity contribution in [2.24, 2.45) is 0 Å². The van der Waals surface area contributed by atoms with Crippen LogP contribution in [0.4, 0.5) is 11.4 Å². The molecule has 10 heteroatoms. The summed E-state index contributed by atoms with van der Waals surface area (Å²) in [4.78, 5) is 45.8. The molecule has 0 saturated carbocycles. The topological polar surface area (TPSA) is 201 Å². The molecule has 4 aromatic rings. The standard InChI is InChI=1S/C28H20N2O8/c29-23-11-13(15-5-17(25(31)32)9-18(6-15)26(33)34)1-3-21(23)22-4-2-14(12-24(22)30)16-7-19(27(35)36)10-20(8-16)28(37)38/h1-12H,29-30H2,(H,31,32)(H,33,34)(H,35,36)(H,37,38). The van der Waals surface area contributed by atoms with Crippen molar-refractivity contribution in [3.63, 3.8) is 0 Å². The van der Waals surface area contributed by atoms with Crippen molar-refractivity contribution in [1.82, 2.24) is 0 Å². The maximum absolute atomic E-state index is 11.4. The number of anilines is 2. The van der Waals surface area contributed by atoms with Crippen molar-refractivity contribution in [3.05, 3.63) is 95.1 Å². The Morgan fingerprint density at radius 3 is 0.947 bits per heavy atom. The van der Waals surface area contributed by atoms with E-state index < -0.39 is 23.9 Å². The molecule has 0 unspecified atom stereocenters. The number of rotatable bonds is 7. The van der Waals surface area contributed by atoms with E-state index in [1.807, 2.05) is 0 Å². The third-order valence-corrected chi connectivity index (χ3v) is 5.91. The minimum atomic E-state index is -1.27. The molecule has 0 aliphatic carbocycles. The van der Waals surface area contributed by atoms with Gasteiger partial charge in [0.1, 0.15) is 0 Å². The van der Waals surface area contributed by atoms with E-state index in [1.54, 1.807) is 36.4 Å². The molecule has 4 rings (SSSR count). The number of benzene rings is 4. The highest BCUT2D eigenvalue weighted by molar-refractivity contribution is 5.98. The molecule has 0 fully saturated rings. The van der Waals surface area contributed by atoms with E-state index >= 15 is 0 Å². The van der Waals surface area contributed by atoms with E-state index in [0.717, 1.165) is 12.1 Å². The van der Waals surface area contributed by atoms with Gasteiger partial charge in [0.05, 0.1) is 22.3 Å². The first-order chi connectivity index (χ1) is 17.9. The second-order valence-electron chi connectivity index (χ2n) is 8.42. The highest BCUT2D eigenvalue weighted by atomic mass is 16.4. The van der Waals surface area contributed by atoms with Crippen LogP contribution in [0.2, 0.25) is 0 Å². The predicted octanol–water partition coefficient (Wildman–Crippen LogP) is 4.64. The van der Waals surface area contributed by atoms with Crippen LogP contribution in [0.25, 0.3) is 33.4 Å². The number of hydrogen-bond donors (Lipinski definition) is 6. The molecule has 0 aliphatic heterocycles. The number of aromatic carboxylic acids is 4. The van der Waals surface area contributed by atoms with Crippen LogP contribution in [0.15, 0.2) is 72.8 Å². The van der Waals surface area contributed by atoms with Crippen molar-refractivity contribution in [2.45, 2.75) is 0 Å². The molecule has 0 aromatic heterocycles. The number of carboxylic acid groups (broad SMARTS) is 4. The number of nitrogen functional groups attached to an aromatic ring is 2. The van der Waals surface area contributed by atoms with Crippen LogP contribution in [0.3, 0.4) is 0 Å². The van der Waals surface area contributed by atoms with Crippen LogP contribution < -0.4 is 11.5 Å². The van der Waals surface area contributed by atoms with E-state index in [0.29, 0.717) is 44.8 Å². The summed E-state index contributed by atoms with van der Waals surface area (Å²) < 4.78 is 0. The van der Waals surface area contributed by atoms with Crippen LogP contribution in [0.1, 0.15) is 41.4 Å². The average molecular weight is 512 g/mol. The summed E-state index contributed by atoms with van der Waals surface area (Å²) in [5, 5.41) is 37.4. The predicted molar refractivity (Wildman–Crippen MR) is 139 cm³/mol. The third kappa shape index (κ3) is 5.00. The third-order valence-electron chi connectivity index (χ3n) is 5.91. The van der Waals surface area contributed by atoms with Gasteiger partial charge in [-0.1, -0.05) is 24.3 Å². The molecule has 190 valence electrons. The molecule has 0 aliphatic rings. The zero-order valence-corrected chi connectivity index (χ0v) is 19.5. The summed E-state index contributed by atoms with van der Waals surface area (Å²) >= 11 is 0. The van der Waals surface area contributed by atoms with E-state index in [9.17, 15) is 39.6 Å². The number of hydrogen-bond acceptors (Lipinski definition) is 6. The Hall–Kier alpha value is -5.64. The Labute approximate surface area is 215 Å². The van der Waals surface area contributed by atoms with Gasteiger partial charge in [-0.3, -0.25) is 0 Å². The van der Waals surface area contributed by atoms with Crippen molar-refractivity contribution in [3.8, 4) is 33.4 Å². The molecule has 0 saturated heterocycles. The fourth-order valence-corrected chi connectivity index (χ4v) is 4.06. The van der Waals surface area contributed by atoms with E-state index in [2.05, 4.69) is 0 Å². The minimum Gasteiger partial charge on any atom is -0.478 e. The molecule has 0 heterocycles. The maximum Gasteiger partial charge on any atom is 0.335 e. The maximum atomic E-state index is 11.4. The monoisotopic (exact) mass is 512 g/mol. The minimum absolute atomic E-state index is 0.180. The second-order valence-corrected chi connectivity index (χ2v) is 8.42. The summed E-state index contributed by atoms with van der Waals surface area (Å²) in [5.74, 6) is -5.07. The summed E-state index contributed by atoms with van der Waals surface area (Å²) in [5.41, 5.74) is 15.3. The van der Waals surface area contributed by atoms with Crippen molar-refractivity contribution in [1.29, 1.82) is 0 Å². The lowest BCUT2D eigenvalue weighted by Crippen LogP contribution is -2.03. The summed E-state index contributed by atoms with van der Waals surface area (Å²) in [7, 11) is 0. The van der Waals surface area contributed by atoms with Crippen molar-refractivity contribution >= 4 is 35.3 Å². The Kier molecular flexibility index (Phi) is 6.55. The lowest BCUT2D eigenvalue weighted by molar-refractivity contribution is 0.0676. The van der Waals surface area contributed by atoms with Gasteiger partial charge in [-0.2, -0.15) is 0 Å². The summed E-state index contributed by atoms with van der Waals surface area (Å²) in [6.07, 6.45) is 0. The van der Waals surface area contributed by atoms with Gasteiger partial charge in [0.25, 0.3) is 0 Å². The summed E-state index contributed by atoms with van der Waals surface area (Å²) in [6, 6.07) is 17.3. The normalized spacial score (nSPS) is 10.6. The van der Waals surface area contributed by atoms with Crippen LogP contribution in [0, 0.1) is 0 Å². The molecular weight excluding hydrogens is 492 g/mol. The fraction of sp³-hybridized carbons (Fsp3) is 0. The Morgan fingerprint density at radius 2 is 0.711 bits per heavy atom. The second kappa shape index (κ2) is 9.78. The first-order valence-corrected chi connectivity index (χ1v) is 11.0. The molecule has 38 heavy (non-hydrogen) atoms. The molecule has 10 nitrogen and oxygen atoms in total. The quantitative estimate of drug-likeness (QED) is 0.189. The van der Waals surface area contributed by atoms with E-state index in [-0.39, 0.29) is 22.3 Å². The molecular formula is C28H20N2O8. The molecule has 0 radical (unpaired) electrons. The number of carboxylic acids is 4. The van der Waals surface area contributed by atoms with Gasteiger partial charge in [0.2, 0.25) is 0 Å². The first-order valence-electron chi connectivity index (χ1n) is 11.0. The van der Waals surface area contributed by atoms with Crippen LogP contribution in [-0.2, 0) is 0 Å². The van der Waals surface area contributed by atoms with Crippen LogP contribution in [-0.4, -0.2) is 44.3 Å². The van der Waals surface area contributed by atoms with Gasteiger partial charge in [0.15, 0.2) is 0 Å². The Bertz CT molecular complexity index is 1470. The zero-order valence-electron chi connectivity index (χ0n) is 19.5. The van der Waals surface area contributed by atoms with Gasteiger partial charge >= 0.3 is 23.9 Å². The van der Waals surface area contributed by atoms with E-state index in [1.165, 1.54) is 24.3 Å². The smallest absolute Gasteiger partial charge is 0.335 e. The number of carbonyl (C=O) groups is 4. The SMILES string of the molecule is Nc1cc(-c2cc(C(=O)O)cc(C(=O)O)c2)ccc1-c1ccc(-c2cc(C(=O)O)cc(C(=O)O)c2)cc1N. The van der Waals surface area contributed by atoms with Crippen molar-refractivity contribution in [2.75, 3.05) is 11.5 Å². The molecule has 4 aromatic carbocycles. The highest BCUT2D eigenvalue weighted by Gasteiger charge is 2.16. The summed E-state index contributed by atoms with van der Waals surface area (Å²) in [6.45, 7) is 0. The first kappa shape index (κ1) is 25.5. The fourth-order valence-electron chi connectivity index (χ4n) is 4.06. The molecule has 0 spiro atoms. The average Bonchev–Trinajstić information content (AvgIpc) is 2.88. The van der Waals surface area contributed by atoms with Gasteiger partial charge in [-0.25, -0.2) is 19.2 Å². The molecule has 0 amide bonds. The van der Waals surface area contributed by atoms with Crippen LogP contribution >= 0.6 is 0 Å². The van der Waals surface area contributed by atoms with Crippen LogP contribution in [0.5, 0.6) is 0 Å². The molecule has 8 N–H and O–H groups in total. The zero-order chi connectivity index (χ0) is 27.7. The van der Waals surface area contributed by atoms with Gasteiger partial charge < -0.3 is 31.9 Å². The number of nitrogens with two attached hydrogens (primary N) is 2. The van der Waals surface area contributed by atoms with Gasteiger partial charge in [-0.05, 0) is 70.8 Å². The lowest BCUT2D eigenvalue weighted by Gasteiger charge is -2.14. The molecule has 0 atom stereocenters. The van der Waals surface area contributed by atoms with Gasteiger partial charge in [-0.15, -0.1) is 0 Å². The largest absolute Gasteiger partial charge is 0.478 e. The Morgan fingerprint density at radius 1 is 0.421 bits per heavy atom. The highest BCUT2D eigenvalue weighted by Crippen LogP contribution is 2.36. The van der Waals surface area contributed by atoms with Crippen molar-refractivity contribution < 1.29 is 39.6 Å². The lowest BCUT2D eigenvalue weighted by atomic mass is 9.93. The molecule has 0 bridgehead atoms.